The van der Waals surface area contributed by atoms with Crippen molar-refractivity contribution in [1.82, 2.24) is 14.9 Å². The van der Waals surface area contributed by atoms with Crippen molar-refractivity contribution in [3.05, 3.63) is 6.07 Å². The average molecular weight is 414 g/mol. The maximum absolute atomic E-state index is 13.1. The quantitative estimate of drug-likeness (QED) is 0.365. The molecule has 0 aliphatic rings. The Morgan fingerprint density at radius 1 is 1.07 bits per heavy atom. The molecule has 0 aliphatic carbocycles. The van der Waals surface area contributed by atoms with Gasteiger partial charge in [-0.2, -0.15) is 9.97 Å². The first-order chi connectivity index (χ1) is 12.9. The maximum Gasteiger partial charge on any atom is 0.329 e. The zero-order valence-electron chi connectivity index (χ0n) is 18.1. The second-order valence-corrected chi connectivity index (χ2v) is 8.79. The number of thioether (sulfide) groups is 1. The number of carbonyl (C=O) groups is 2. The summed E-state index contributed by atoms with van der Waals surface area (Å²) in [4.78, 5) is 35.4. The molecule has 158 valence electrons. The van der Waals surface area contributed by atoms with Gasteiger partial charge in [-0.3, -0.25) is 4.79 Å². The number of esters is 1. The van der Waals surface area contributed by atoms with E-state index in [1.54, 1.807) is 40.8 Å². The fraction of sp³-hybridized carbons (Fsp3) is 0.684. The van der Waals surface area contributed by atoms with Crippen LogP contribution in [0.2, 0.25) is 0 Å². The van der Waals surface area contributed by atoms with E-state index in [1.807, 2.05) is 13.8 Å². The number of aromatic nitrogens is 2. The molecule has 1 aromatic heterocycles. The molecule has 1 unspecified atom stereocenters. The molecule has 1 rings (SSSR count). The van der Waals surface area contributed by atoms with Crippen LogP contribution in [-0.2, 0) is 14.3 Å². The van der Waals surface area contributed by atoms with Gasteiger partial charge in [-0.25, -0.2) is 4.79 Å². The van der Waals surface area contributed by atoms with Crippen LogP contribution in [0.15, 0.2) is 11.2 Å². The van der Waals surface area contributed by atoms with Crippen molar-refractivity contribution in [2.45, 2.75) is 63.6 Å². The summed E-state index contributed by atoms with van der Waals surface area (Å²) in [5, 5.41) is -0.131. The highest BCUT2D eigenvalue weighted by atomic mass is 32.2. The number of likely N-dealkylation sites (N-methyl/N-ethyl adjacent to an activating group) is 1. The van der Waals surface area contributed by atoms with Gasteiger partial charge in [0, 0.05) is 7.05 Å². The molecule has 0 saturated heterocycles. The number of carbonyl (C=O) groups excluding carboxylic acids is 2. The van der Waals surface area contributed by atoms with Gasteiger partial charge in [0.15, 0.2) is 5.16 Å². The monoisotopic (exact) mass is 413 g/mol. The fourth-order valence-electron chi connectivity index (χ4n) is 2.17. The first kappa shape index (κ1) is 24.0. The Bertz CT molecular complexity index is 668. The highest BCUT2D eigenvalue weighted by Crippen LogP contribution is 2.30. The van der Waals surface area contributed by atoms with Gasteiger partial charge < -0.3 is 19.1 Å². The lowest BCUT2D eigenvalue weighted by atomic mass is 10.1. The molecule has 1 amide bonds. The molecule has 1 heterocycles. The van der Waals surface area contributed by atoms with Gasteiger partial charge in [0.1, 0.15) is 11.6 Å². The predicted octanol–water partition coefficient (Wildman–Crippen LogP) is 2.80. The molecule has 0 saturated carbocycles. The molecule has 0 N–H and O–H groups in total. The summed E-state index contributed by atoms with van der Waals surface area (Å²) in [5.41, 5.74) is -0.619. The van der Waals surface area contributed by atoms with Crippen LogP contribution in [0.3, 0.4) is 0 Å². The van der Waals surface area contributed by atoms with Crippen molar-refractivity contribution in [3.63, 3.8) is 0 Å². The smallest absolute Gasteiger partial charge is 0.329 e. The standard InChI is InChI=1S/C19H31N3O5S/c1-11(2)15(28-18-20-13(25-8)10-14(21-18)26-9)16(23)22(7)12(3)17(24)27-19(4,5)6/h10-12,15H,1-9H3/t12-,15?/m0/s1. The van der Waals surface area contributed by atoms with Gasteiger partial charge in [0.05, 0.1) is 25.5 Å². The highest BCUT2D eigenvalue weighted by Gasteiger charge is 2.33. The topological polar surface area (TPSA) is 90.9 Å². The molecule has 28 heavy (non-hydrogen) atoms. The summed E-state index contributed by atoms with van der Waals surface area (Å²) in [6, 6.07) is 0.849. The number of rotatable bonds is 8. The Balaban J connectivity index is 3.02. The van der Waals surface area contributed by atoms with Gasteiger partial charge in [0.25, 0.3) is 0 Å². The third kappa shape index (κ3) is 6.85. The molecule has 0 radical (unpaired) electrons. The largest absolute Gasteiger partial charge is 0.481 e. The number of hydrogen-bond donors (Lipinski definition) is 0. The molecule has 0 fully saturated rings. The number of methoxy groups -OCH3 is 2. The molecule has 1 aromatic rings. The van der Waals surface area contributed by atoms with Gasteiger partial charge in [0.2, 0.25) is 17.7 Å². The Labute approximate surface area is 171 Å². The third-order valence-electron chi connectivity index (χ3n) is 3.83. The van der Waals surface area contributed by atoms with E-state index in [0.29, 0.717) is 16.9 Å². The van der Waals surface area contributed by atoms with Gasteiger partial charge in [-0.05, 0) is 33.6 Å². The first-order valence-electron chi connectivity index (χ1n) is 9.02. The van der Waals surface area contributed by atoms with E-state index in [1.165, 1.54) is 30.9 Å². The molecule has 0 bridgehead atoms. The van der Waals surface area contributed by atoms with Gasteiger partial charge >= 0.3 is 5.97 Å². The molecule has 2 atom stereocenters. The van der Waals surface area contributed by atoms with Crippen LogP contribution < -0.4 is 9.47 Å². The summed E-state index contributed by atoms with van der Waals surface area (Å²) in [5.74, 6) is 0.0186. The van der Waals surface area contributed by atoms with Crippen molar-refractivity contribution in [3.8, 4) is 11.8 Å². The normalized spacial score (nSPS) is 13.6. The lowest BCUT2D eigenvalue weighted by Gasteiger charge is -2.31. The van der Waals surface area contributed by atoms with Crippen molar-refractivity contribution < 1.29 is 23.8 Å². The Morgan fingerprint density at radius 2 is 1.57 bits per heavy atom. The van der Waals surface area contributed by atoms with Crippen LogP contribution in [0.1, 0.15) is 41.5 Å². The van der Waals surface area contributed by atoms with Crippen LogP contribution in [0.4, 0.5) is 0 Å². The van der Waals surface area contributed by atoms with Crippen LogP contribution in [0.5, 0.6) is 11.8 Å². The van der Waals surface area contributed by atoms with Gasteiger partial charge in [-0.1, -0.05) is 25.6 Å². The second-order valence-electron chi connectivity index (χ2n) is 7.68. The zero-order chi connectivity index (χ0) is 21.6. The fourth-order valence-corrected chi connectivity index (χ4v) is 3.22. The predicted molar refractivity (Wildman–Crippen MR) is 108 cm³/mol. The lowest BCUT2D eigenvalue weighted by Crippen LogP contribution is -2.47. The SMILES string of the molecule is COc1cc(OC)nc(SC(C(=O)N(C)[C@@H](C)C(=O)OC(C)(C)C)C(C)C)n1. The second kappa shape index (κ2) is 9.95. The summed E-state index contributed by atoms with van der Waals surface area (Å²) >= 11 is 1.21. The highest BCUT2D eigenvalue weighted by molar-refractivity contribution is 8.00. The summed E-state index contributed by atoms with van der Waals surface area (Å²) in [7, 11) is 4.59. The minimum Gasteiger partial charge on any atom is -0.481 e. The Morgan fingerprint density at radius 3 is 1.96 bits per heavy atom. The molecule has 0 aromatic carbocycles. The van der Waals surface area contributed by atoms with E-state index < -0.39 is 22.9 Å². The number of amides is 1. The van der Waals surface area contributed by atoms with E-state index in [2.05, 4.69) is 9.97 Å². The third-order valence-corrected chi connectivity index (χ3v) is 5.23. The van der Waals surface area contributed by atoms with E-state index in [-0.39, 0.29) is 11.8 Å². The summed E-state index contributed by atoms with van der Waals surface area (Å²) in [6.07, 6.45) is 0. The minimum atomic E-state index is -0.714. The summed E-state index contributed by atoms with van der Waals surface area (Å²) < 4.78 is 15.7. The molecule has 0 spiro atoms. The lowest BCUT2D eigenvalue weighted by molar-refractivity contribution is -0.163. The van der Waals surface area contributed by atoms with Crippen LogP contribution in [0, 0.1) is 5.92 Å². The van der Waals surface area contributed by atoms with E-state index in [4.69, 9.17) is 14.2 Å². The van der Waals surface area contributed by atoms with E-state index in [9.17, 15) is 9.59 Å². The average Bonchev–Trinajstić information content (AvgIpc) is 2.62. The maximum atomic E-state index is 13.1. The van der Waals surface area contributed by atoms with Crippen molar-refractivity contribution in [2.75, 3.05) is 21.3 Å². The molecule has 8 nitrogen and oxygen atoms in total. The Hall–Kier alpha value is -2.03. The molecule has 9 heteroatoms. The zero-order valence-corrected chi connectivity index (χ0v) is 18.9. The van der Waals surface area contributed by atoms with Gasteiger partial charge in [-0.15, -0.1) is 0 Å². The van der Waals surface area contributed by atoms with Crippen LogP contribution >= 0.6 is 11.8 Å². The molecule has 0 aliphatic heterocycles. The Kier molecular flexibility index (Phi) is 8.53. The molecular formula is C19H31N3O5S. The van der Waals surface area contributed by atoms with Crippen molar-refractivity contribution >= 4 is 23.6 Å². The van der Waals surface area contributed by atoms with E-state index in [0.717, 1.165) is 0 Å². The van der Waals surface area contributed by atoms with Crippen molar-refractivity contribution in [1.29, 1.82) is 0 Å². The summed E-state index contributed by atoms with van der Waals surface area (Å²) in [6.45, 7) is 10.9. The minimum absolute atomic E-state index is 0.0217. The first-order valence-corrected chi connectivity index (χ1v) is 9.90. The van der Waals surface area contributed by atoms with Crippen molar-refractivity contribution in [2.24, 2.45) is 5.92 Å². The number of ether oxygens (including phenoxy) is 3. The van der Waals surface area contributed by atoms with Crippen LogP contribution in [0.25, 0.3) is 0 Å². The van der Waals surface area contributed by atoms with E-state index >= 15 is 0 Å². The molecular weight excluding hydrogens is 382 g/mol. The van der Waals surface area contributed by atoms with Crippen LogP contribution in [-0.4, -0.2) is 64.9 Å². The number of nitrogens with zero attached hydrogens (tertiary/aromatic N) is 3. The number of hydrogen-bond acceptors (Lipinski definition) is 8.